The molecule has 3 rings (SSSR count). The number of nitrogens with one attached hydrogen (secondary N) is 4. The zero-order valence-corrected chi connectivity index (χ0v) is 23.9. The number of carboxylic acid groups (broad SMARTS) is 2. The number of carbonyl (C=O) groups excluding carboxylic acids is 3. The molecule has 0 bridgehead atoms. The van der Waals surface area contributed by atoms with E-state index in [1.807, 2.05) is 30.5 Å². The van der Waals surface area contributed by atoms with E-state index in [9.17, 15) is 34.2 Å². The van der Waals surface area contributed by atoms with Gasteiger partial charge in [-0.2, -0.15) is 11.8 Å². The molecule has 2 aromatic carbocycles. The molecule has 0 radical (unpaired) electrons. The molecule has 4 atom stereocenters. The molecule has 0 saturated carbocycles. The highest BCUT2D eigenvalue weighted by Gasteiger charge is 2.31. The van der Waals surface area contributed by atoms with Crippen molar-refractivity contribution in [2.45, 2.75) is 49.9 Å². The van der Waals surface area contributed by atoms with Crippen LogP contribution in [-0.2, 0) is 36.8 Å². The van der Waals surface area contributed by atoms with Crippen LogP contribution in [0.2, 0.25) is 0 Å². The first-order chi connectivity index (χ1) is 20.1. The fourth-order valence-electron chi connectivity index (χ4n) is 4.39. The first-order valence-corrected chi connectivity index (χ1v) is 14.7. The maximum absolute atomic E-state index is 13.2. The van der Waals surface area contributed by atoms with Crippen molar-refractivity contribution in [3.63, 3.8) is 0 Å². The average molecular weight is 598 g/mol. The van der Waals surface area contributed by atoms with Crippen LogP contribution in [0.1, 0.15) is 24.0 Å². The minimum Gasteiger partial charge on any atom is -0.481 e. The lowest BCUT2D eigenvalue weighted by Gasteiger charge is -2.24. The Labute approximate surface area is 246 Å². The van der Waals surface area contributed by atoms with Gasteiger partial charge in [0.15, 0.2) is 0 Å². The van der Waals surface area contributed by atoms with E-state index >= 15 is 0 Å². The maximum atomic E-state index is 13.2. The number of H-pyrrole nitrogens is 1. The number of thioether (sulfide) groups is 1. The molecule has 0 fully saturated rings. The van der Waals surface area contributed by atoms with Crippen LogP contribution in [0.3, 0.4) is 0 Å². The van der Waals surface area contributed by atoms with Crippen molar-refractivity contribution in [1.82, 2.24) is 20.9 Å². The van der Waals surface area contributed by atoms with Gasteiger partial charge in [0, 0.05) is 23.5 Å². The number of carbonyl (C=O) groups is 5. The summed E-state index contributed by atoms with van der Waals surface area (Å²) in [7, 11) is 0. The van der Waals surface area contributed by atoms with Crippen LogP contribution in [0.25, 0.3) is 10.9 Å². The van der Waals surface area contributed by atoms with Crippen molar-refractivity contribution in [2.24, 2.45) is 5.73 Å². The SMILES string of the molecule is CSCC[C@H](NC(=O)[C@H](N)Cc1c[nH]c2ccccc12)C(=O)N[C@@H](CC(=O)O)C(=O)N[C@@H](Cc1ccccc1)C(=O)O. The molecule has 0 spiro atoms. The van der Waals surface area contributed by atoms with E-state index in [2.05, 4.69) is 20.9 Å². The van der Waals surface area contributed by atoms with Crippen molar-refractivity contribution in [3.05, 3.63) is 71.9 Å². The Morgan fingerprint density at radius 3 is 2.12 bits per heavy atom. The molecule has 13 heteroatoms. The van der Waals surface area contributed by atoms with Gasteiger partial charge in [0.05, 0.1) is 12.5 Å². The smallest absolute Gasteiger partial charge is 0.326 e. The second kappa shape index (κ2) is 15.6. The van der Waals surface area contributed by atoms with E-state index in [0.717, 1.165) is 16.5 Å². The number of para-hydroxylation sites is 1. The van der Waals surface area contributed by atoms with E-state index in [1.54, 1.807) is 36.5 Å². The van der Waals surface area contributed by atoms with Crippen LogP contribution in [0.5, 0.6) is 0 Å². The summed E-state index contributed by atoms with van der Waals surface area (Å²) in [4.78, 5) is 65.7. The van der Waals surface area contributed by atoms with Crippen LogP contribution in [0, 0.1) is 0 Å². The number of rotatable bonds is 16. The number of hydrogen-bond acceptors (Lipinski definition) is 7. The van der Waals surface area contributed by atoms with Gasteiger partial charge in [-0.05, 0) is 42.0 Å². The summed E-state index contributed by atoms with van der Waals surface area (Å²) >= 11 is 1.43. The number of aromatic nitrogens is 1. The molecule has 0 unspecified atom stereocenters. The molecule has 42 heavy (non-hydrogen) atoms. The number of aliphatic carboxylic acids is 2. The molecule has 12 nitrogen and oxygen atoms in total. The van der Waals surface area contributed by atoms with Crippen LogP contribution < -0.4 is 21.7 Å². The highest BCUT2D eigenvalue weighted by molar-refractivity contribution is 7.98. The summed E-state index contributed by atoms with van der Waals surface area (Å²) in [5.41, 5.74) is 8.55. The normalized spacial score (nSPS) is 13.9. The Kier molecular flexibility index (Phi) is 11.9. The Hall–Kier alpha value is -4.36. The van der Waals surface area contributed by atoms with Gasteiger partial charge in [-0.15, -0.1) is 0 Å². The van der Waals surface area contributed by atoms with Crippen molar-refractivity contribution in [2.75, 3.05) is 12.0 Å². The predicted octanol–water partition coefficient (Wildman–Crippen LogP) is 1.05. The largest absolute Gasteiger partial charge is 0.481 e. The molecular weight excluding hydrogens is 562 g/mol. The fourth-order valence-corrected chi connectivity index (χ4v) is 4.86. The Morgan fingerprint density at radius 1 is 0.833 bits per heavy atom. The van der Waals surface area contributed by atoms with Gasteiger partial charge in [0.2, 0.25) is 17.7 Å². The lowest BCUT2D eigenvalue weighted by Crippen LogP contribution is -2.58. The Morgan fingerprint density at radius 2 is 1.45 bits per heavy atom. The van der Waals surface area contributed by atoms with Crippen molar-refractivity contribution in [3.8, 4) is 0 Å². The molecule has 8 N–H and O–H groups in total. The first-order valence-electron chi connectivity index (χ1n) is 13.3. The zero-order valence-electron chi connectivity index (χ0n) is 23.0. The third-order valence-electron chi connectivity index (χ3n) is 6.60. The van der Waals surface area contributed by atoms with E-state index in [-0.39, 0.29) is 19.3 Å². The quantitative estimate of drug-likeness (QED) is 0.126. The number of benzene rings is 2. The monoisotopic (exact) mass is 597 g/mol. The molecule has 0 aliphatic carbocycles. The van der Waals surface area contributed by atoms with Crippen molar-refractivity contribution in [1.29, 1.82) is 0 Å². The third-order valence-corrected chi connectivity index (χ3v) is 7.25. The van der Waals surface area contributed by atoms with Crippen molar-refractivity contribution < 1.29 is 34.2 Å². The maximum Gasteiger partial charge on any atom is 0.326 e. The van der Waals surface area contributed by atoms with Gasteiger partial charge in [0.25, 0.3) is 0 Å². The van der Waals surface area contributed by atoms with Gasteiger partial charge in [-0.25, -0.2) is 4.79 Å². The van der Waals surface area contributed by atoms with E-state index in [4.69, 9.17) is 5.73 Å². The first kappa shape index (κ1) is 32.2. The van der Waals surface area contributed by atoms with E-state index in [0.29, 0.717) is 11.3 Å². The minimum absolute atomic E-state index is 0.0453. The molecule has 0 aliphatic rings. The molecule has 0 aliphatic heterocycles. The Bertz CT molecular complexity index is 1400. The van der Waals surface area contributed by atoms with Crippen LogP contribution >= 0.6 is 11.8 Å². The van der Waals surface area contributed by atoms with E-state index in [1.165, 1.54) is 11.8 Å². The zero-order chi connectivity index (χ0) is 30.6. The Balaban J connectivity index is 1.69. The summed E-state index contributed by atoms with van der Waals surface area (Å²) in [5, 5.41) is 27.3. The number of amides is 3. The summed E-state index contributed by atoms with van der Waals surface area (Å²) in [6.07, 6.45) is 3.14. The number of aromatic amines is 1. The van der Waals surface area contributed by atoms with Gasteiger partial charge >= 0.3 is 11.9 Å². The molecule has 224 valence electrons. The lowest BCUT2D eigenvalue weighted by molar-refractivity contribution is -0.143. The standard InChI is InChI=1S/C29H35N5O7S/c1-42-12-11-22(32-26(37)20(30)14-18-16-31-21-10-6-5-9-19(18)21)27(38)33-23(15-25(35)36)28(39)34-24(29(40)41)13-17-7-3-2-4-8-17/h2-10,16,20,22-24,31H,11-15,30H2,1H3,(H,32,37)(H,33,38)(H,34,39)(H,35,36)(H,40,41)/t20-,22+,23+,24+/m1/s1. The van der Waals surface area contributed by atoms with Crippen LogP contribution in [0.15, 0.2) is 60.8 Å². The summed E-state index contributed by atoms with van der Waals surface area (Å²) in [6.45, 7) is 0. The molecule has 0 saturated heterocycles. The van der Waals surface area contributed by atoms with E-state index < -0.39 is 60.2 Å². The lowest BCUT2D eigenvalue weighted by atomic mass is 10.0. The molecule has 3 aromatic rings. The summed E-state index contributed by atoms with van der Waals surface area (Å²) in [5.74, 6) is -4.57. The summed E-state index contributed by atoms with van der Waals surface area (Å²) < 4.78 is 0. The van der Waals surface area contributed by atoms with Crippen molar-refractivity contribution >= 4 is 52.3 Å². The van der Waals surface area contributed by atoms with Gasteiger partial charge < -0.3 is 36.9 Å². The fraction of sp³-hybridized carbons (Fsp3) is 0.345. The van der Waals surface area contributed by atoms with Gasteiger partial charge in [-0.1, -0.05) is 48.5 Å². The second-order valence-electron chi connectivity index (χ2n) is 9.76. The molecule has 1 heterocycles. The topological polar surface area (TPSA) is 204 Å². The average Bonchev–Trinajstić information content (AvgIpc) is 3.37. The predicted molar refractivity (Wildman–Crippen MR) is 159 cm³/mol. The van der Waals surface area contributed by atoms with Crippen LogP contribution in [-0.4, -0.2) is 81.0 Å². The second-order valence-corrected chi connectivity index (χ2v) is 10.7. The summed E-state index contributed by atoms with van der Waals surface area (Å²) in [6, 6.07) is 11.1. The number of fused-ring (bicyclic) bond motifs is 1. The van der Waals surface area contributed by atoms with Gasteiger partial charge in [0.1, 0.15) is 18.1 Å². The molecule has 1 aromatic heterocycles. The number of carboxylic acids is 2. The van der Waals surface area contributed by atoms with Gasteiger partial charge in [-0.3, -0.25) is 19.2 Å². The highest BCUT2D eigenvalue weighted by atomic mass is 32.2. The van der Waals surface area contributed by atoms with Crippen LogP contribution in [0.4, 0.5) is 0 Å². The number of nitrogens with two attached hydrogens (primary N) is 1. The highest BCUT2D eigenvalue weighted by Crippen LogP contribution is 2.19. The molecular formula is C29H35N5O7S. The molecule has 3 amide bonds. The minimum atomic E-state index is -1.58. The third kappa shape index (κ3) is 9.35. The number of hydrogen-bond donors (Lipinski definition) is 7.